The van der Waals surface area contributed by atoms with Gasteiger partial charge < -0.3 is 20.8 Å². The minimum Gasteiger partial charge on any atom is -0.394 e. The van der Waals surface area contributed by atoms with E-state index >= 15 is 0 Å². The quantitative estimate of drug-likeness (QED) is 0.217. The molecule has 0 heterocycles. The maximum atomic E-state index is 14.3. The third-order valence-electron chi connectivity index (χ3n) is 14.4. The first-order valence-electron chi connectivity index (χ1n) is 17.5. The number of aliphatic hydroxyl groups excluding tert-OH is 2. The van der Waals surface area contributed by atoms with Crippen molar-refractivity contribution >= 4 is 11.8 Å². The molecule has 0 aromatic rings. The monoisotopic (exact) mass is 625 g/mol. The van der Waals surface area contributed by atoms with Gasteiger partial charge in [-0.25, -0.2) is 0 Å². The Balaban J connectivity index is 1.75. The van der Waals surface area contributed by atoms with Crippen LogP contribution >= 0.6 is 0 Å². The number of hydrogen-bond acceptors (Lipinski definition) is 5. The SMILES string of the molecule is C=C(C)[C@@H]1CCC2(C(=O)NC(C)(C)CO)CC[C@]3(C)C(CCC4[C@@](C)(CC#N)C(C(C)(C)C(=O)NC(C)(C)CO)CC[C@]43C)C12. The third kappa shape index (κ3) is 5.48. The van der Waals surface area contributed by atoms with Crippen LogP contribution in [0.2, 0.25) is 0 Å². The van der Waals surface area contributed by atoms with E-state index in [4.69, 9.17) is 0 Å². The van der Waals surface area contributed by atoms with Gasteiger partial charge in [0.15, 0.2) is 0 Å². The van der Waals surface area contributed by atoms with E-state index in [9.17, 15) is 25.1 Å². The lowest BCUT2D eigenvalue weighted by atomic mass is 9.33. The van der Waals surface area contributed by atoms with Gasteiger partial charge in [0.25, 0.3) is 0 Å². The van der Waals surface area contributed by atoms with Gasteiger partial charge in [-0.05, 0) is 132 Å². The molecule has 5 unspecified atom stereocenters. The molecule has 0 saturated heterocycles. The Hall–Kier alpha value is -1.91. The number of carbonyl (C=O) groups is 2. The highest BCUT2D eigenvalue weighted by molar-refractivity contribution is 5.84. The predicted octanol–water partition coefficient (Wildman–Crippen LogP) is 6.54. The second-order valence-electron chi connectivity index (χ2n) is 18.4. The van der Waals surface area contributed by atoms with Gasteiger partial charge >= 0.3 is 0 Å². The highest BCUT2D eigenvalue weighted by atomic mass is 16.3. The van der Waals surface area contributed by atoms with E-state index in [0.717, 1.165) is 51.4 Å². The van der Waals surface area contributed by atoms with E-state index in [-0.39, 0.29) is 64.9 Å². The molecule has 4 saturated carbocycles. The van der Waals surface area contributed by atoms with Gasteiger partial charge in [0.05, 0.1) is 35.8 Å². The molecular weight excluding hydrogens is 562 g/mol. The second-order valence-corrected chi connectivity index (χ2v) is 18.4. The van der Waals surface area contributed by atoms with Crippen LogP contribution in [0.4, 0.5) is 0 Å². The number of allylic oxidation sites excluding steroid dienone is 1. The highest BCUT2D eigenvalue weighted by Gasteiger charge is 2.71. The van der Waals surface area contributed by atoms with Gasteiger partial charge in [-0.15, -0.1) is 0 Å². The van der Waals surface area contributed by atoms with Crippen molar-refractivity contribution in [3.8, 4) is 6.07 Å². The first kappa shape index (κ1) is 35.9. The molecule has 4 aliphatic rings. The zero-order valence-corrected chi connectivity index (χ0v) is 30.0. The molecule has 9 atom stereocenters. The van der Waals surface area contributed by atoms with E-state index in [2.05, 4.69) is 51.0 Å². The average molecular weight is 626 g/mol. The molecule has 4 N–H and O–H groups in total. The maximum absolute atomic E-state index is 14.3. The average Bonchev–Trinajstić information content (AvgIpc) is 3.34. The summed E-state index contributed by atoms with van der Waals surface area (Å²) in [6.45, 7) is 25.1. The van der Waals surface area contributed by atoms with Crippen LogP contribution in [-0.2, 0) is 9.59 Å². The lowest BCUT2D eigenvalue weighted by molar-refractivity contribution is -0.226. The number of nitrogens with one attached hydrogen (secondary N) is 2. The van der Waals surface area contributed by atoms with Crippen molar-refractivity contribution in [2.24, 2.45) is 56.7 Å². The van der Waals surface area contributed by atoms with Gasteiger partial charge in [-0.1, -0.05) is 46.8 Å². The first-order valence-corrected chi connectivity index (χ1v) is 17.5. The van der Waals surface area contributed by atoms with Crippen molar-refractivity contribution in [3.63, 3.8) is 0 Å². The zero-order valence-electron chi connectivity index (χ0n) is 30.0. The molecule has 0 aromatic carbocycles. The van der Waals surface area contributed by atoms with Crippen molar-refractivity contribution in [3.05, 3.63) is 12.2 Å². The largest absolute Gasteiger partial charge is 0.394 e. The number of nitrogens with zero attached hydrogens (tertiary/aromatic N) is 1. The van der Waals surface area contributed by atoms with Crippen molar-refractivity contribution in [1.82, 2.24) is 10.6 Å². The molecule has 4 aliphatic carbocycles. The molecule has 7 heteroatoms. The number of fused-ring (bicyclic) bond motifs is 5. The molecule has 2 amide bonds. The van der Waals surface area contributed by atoms with Crippen LogP contribution in [0.3, 0.4) is 0 Å². The van der Waals surface area contributed by atoms with Crippen LogP contribution in [0.5, 0.6) is 0 Å². The molecule has 45 heavy (non-hydrogen) atoms. The number of aliphatic hydroxyl groups is 2. The van der Waals surface area contributed by atoms with Gasteiger partial charge in [0.1, 0.15) is 0 Å². The molecule has 0 radical (unpaired) electrons. The first-order chi connectivity index (χ1) is 20.6. The van der Waals surface area contributed by atoms with Gasteiger partial charge in [0, 0.05) is 11.8 Å². The van der Waals surface area contributed by atoms with Crippen molar-refractivity contribution in [2.75, 3.05) is 13.2 Å². The molecule has 0 aromatic heterocycles. The highest BCUT2D eigenvalue weighted by Crippen LogP contribution is 2.76. The summed E-state index contributed by atoms with van der Waals surface area (Å²) in [5.41, 5.74) is -1.84. The Morgan fingerprint density at radius 3 is 2.02 bits per heavy atom. The Morgan fingerprint density at radius 1 is 0.867 bits per heavy atom. The van der Waals surface area contributed by atoms with E-state index < -0.39 is 21.9 Å². The summed E-state index contributed by atoms with van der Waals surface area (Å²) in [5, 5.41) is 36.5. The van der Waals surface area contributed by atoms with E-state index in [1.165, 1.54) is 5.57 Å². The number of hydrogen-bond donors (Lipinski definition) is 4. The maximum Gasteiger partial charge on any atom is 0.227 e. The summed E-state index contributed by atoms with van der Waals surface area (Å²) in [4.78, 5) is 28.1. The fraction of sp³-hybridized carbons (Fsp3) is 0.868. The van der Waals surface area contributed by atoms with Crippen LogP contribution in [0.25, 0.3) is 0 Å². The fourth-order valence-corrected chi connectivity index (χ4v) is 11.6. The Morgan fingerprint density at radius 2 is 1.47 bits per heavy atom. The van der Waals surface area contributed by atoms with Gasteiger partial charge in [0.2, 0.25) is 11.8 Å². The summed E-state index contributed by atoms with van der Waals surface area (Å²) in [6, 6.07) is 2.56. The molecular formula is C38H63N3O4. The summed E-state index contributed by atoms with van der Waals surface area (Å²) in [7, 11) is 0. The lowest BCUT2D eigenvalue weighted by Gasteiger charge is -2.71. The van der Waals surface area contributed by atoms with Gasteiger partial charge in [-0.3, -0.25) is 9.59 Å². The molecule has 4 rings (SSSR count). The van der Waals surface area contributed by atoms with E-state index in [1.54, 1.807) is 0 Å². The molecule has 7 nitrogen and oxygen atoms in total. The summed E-state index contributed by atoms with van der Waals surface area (Å²) in [6.07, 6.45) is 7.84. The van der Waals surface area contributed by atoms with Crippen LogP contribution in [0, 0.1) is 68.0 Å². The standard InChI is InChI=1S/C38H63N3O4/c1-24(2)25-14-17-38(31(45)41-33(5,6)23-43)19-18-36(10)26(29(25)38)12-13-28-35(9,20-21-39)27(15-16-37(28,36)11)34(7,8)30(44)40-32(3,4)22-42/h25-29,42-43H,1,12-20,22-23H2,2-11H3,(H,40,44)(H,41,45)/t25-,26?,27?,28?,29?,35-,36+,37+,38?/m0/s1. The van der Waals surface area contributed by atoms with E-state index in [0.29, 0.717) is 12.3 Å². The van der Waals surface area contributed by atoms with E-state index in [1.807, 2.05) is 41.5 Å². The Kier molecular flexibility index (Phi) is 9.31. The Bertz CT molecular complexity index is 1230. The minimum absolute atomic E-state index is 0.0150. The molecule has 254 valence electrons. The predicted molar refractivity (Wildman–Crippen MR) is 179 cm³/mol. The summed E-state index contributed by atoms with van der Waals surface area (Å²) >= 11 is 0. The van der Waals surface area contributed by atoms with Crippen LogP contribution in [-0.4, -0.2) is 46.3 Å². The van der Waals surface area contributed by atoms with Crippen LogP contribution in [0.1, 0.15) is 127 Å². The van der Waals surface area contributed by atoms with Crippen LogP contribution < -0.4 is 10.6 Å². The number of carbonyl (C=O) groups excluding carboxylic acids is 2. The van der Waals surface area contributed by atoms with Crippen molar-refractivity contribution < 1.29 is 19.8 Å². The van der Waals surface area contributed by atoms with Crippen molar-refractivity contribution in [1.29, 1.82) is 5.26 Å². The molecule has 0 aliphatic heterocycles. The topological polar surface area (TPSA) is 122 Å². The van der Waals surface area contributed by atoms with Crippen LogP contribution in [0.15, 0.2) is 12.2 Å². The number of amides is 2. The second kappa shape index (κ2) is 11.7. The number of rotatable bonds is 9. The third-order valence-corrected chi connectivity index (χ3v) is 14.4. The Labute approximate surface area is 273 Å². The molecule has 4 fully saturated rings. The normalized spacial score (nSPS) is 39.9. The molecule has 0 bridgehead atoms. The van der Waals surface area contributed by atoms with Crippen molar-refractivity contribution in [2.45, 2.75) is 138 Å². The molecule has 0 spiro atoms. The summed E-state index contributed by atoms with van der Waals surface area (Å²) in [5.74, 6) is 1.16. The summed E-state index contributed by atoms with van der Waals surface area (Å²) < 4.78 is 0. The minimum atomic E-state index is -0.719. The fourth-order valence-electron chi connectivity index (χ4n) is 11.6. The van der Waals surface area contributed by atoms with Gasteiger partial charge in [-0.2, -0.15) is 5.26 Å². The lowest BCUT2D eigenvalue weighted by Crippen LogP contribution is -2.67. The smallest absolute Gasteiger partial charge is 0.227 e. The zero-order chi connectivity index (χ0) is 34.0. The number of nitriles is 1.